The van der Waals surface area contributed by atoms with E-state index in [2.05, 4.69) is 4.98 Å². The van der Waals surface area contributed by atoms with Crippen molar-refractivity contribution in [1.29, 1.82) is 0 Å². The lowest BCUT2D eigenvalue weighted by Crippen LogP contribution is -2.20. The minimum Gasteiger partial charge on any atom is -0.329 e. The van der Waals surface area contributed by atoms with Crippen LogP contribution in [0, 0.1) is 0 Å². The van der Waals surface area contributed by atoms with Crippen LogP contribution in [0.15, 0.2) is 23.1 Å². The number of pyridine rings is 1. The highest BCUT2D eigenvalue weighted by Gasteiger charge is 2.05. The molecular formula is C8H12N2O. The molecule has 1 aromatic heterocycles. The van der Waals surface area contributed by atoms with Crippen molar-refractivity contribution in [2.75, 3.05) is 0 Å². The molecule has 3 heteroatoms. The molecule has 11 heavy (non-hydrogen) atoms. The third-order valence-electron chi connectivity index (χ3n) is 1.69. The molecule has 0 aliphatic carbocycles. The number of hydrogen-bond donors (Lipinski definition) is 2. The van der Waals surface area contributed by atoms with Crippen LogP contribution < -0.4 is 11.3 Å². The fourth-order valence-electron chi connectivity index (χ4n) is 0.946. The van der Waals surface area contributed by atoms with E-state index in [9.17, 15) is 4.79 Å². The van der Waals surface area contributed by atoms with Crippen molar-refractivity contribution >= 4 is 0 Å². The van der Waals surface area contributed by atoms with E-state index in [1.165, 1.54) is 0 Å². The Bertz CT molecular complexity index is 279. The maximum absolute atomic E-state index is 11.1. The highest BCUT2D eigenvalue weighted by Crippen LogP contribution is 2.06. The number of H-pyrrole nitrogens is 1. The van der Waals surface area contributed by atoms with Gasteiger partial charge in [0.15, 0.2) is 0 Å². The van der Waals surface area contributed by atoms with E-state index in [4.69, 9.17) is 5.73 Å². The van der Waals surface area contributed by atoms with Crippen LogP contribution in [-0.2, 0) is 0 Å². The first-order chi connectivity index (χ1) is 5.25. The Hall–Kier alpha value is -1.09. The molecule has 1 heterocycles. The van der Waals surface area contributed by atoms with Crippen molar-refractivity contribution in [3.63, 3.8) is 0 Å². The second kappa shape index (κ2) is 3.34. The molecule has 0 aliphatic heterocycles. The molecule has 0 amide bonds. The van der Waals surface area contributed by atoms with Gasteiger partial charge in [-0.15, -0.1) is 0 Å². The zero-order valence-electron chi connectivity index (χ0n) is 6.50. The van der Waals surface area contributed by atoms with Gasteiger partial charge >= 0.3 is 0 Å². The van der Waals surface area contributed by atoms with E-state index in [0.29, 0.717) is 5.56 Å². The van der Waals surface area contributed by atoms with Crippen molar-refractivity contribution < 1.29 is 0 Å². The minimum atomic E-state index is -0.139. The molecule has 0 bridgehead atoms. The first-order valence-electron chi connectivity index (χ1n) is 3.69. The molecule has 60 valence electrons. The summed E-state index contributed by atoms with van der Waals surface area (Å²) in [6, 6.07) is 3.40. The van der Waals surface area contributed by atoms with Gasteiger partial charge in [0.1, 0.15) is 0 Å². The van der Waals surface area contributed by atoms with Crippen LogP contribution in [0.25, 0.3) is 0 Å². The fourth-order valence-corrected chi connectivity index (χ4v) is 0.946. The minimum absolute atomic E-state index is 0.0816. The summed E-state index contributed by atoms with van der Waals surface area (Å²) in [5.41, 5.74) is 6.26. The number of nitrogens with one attached hydrogen (secondary N) is 1. The lowest BCUT2D eigenvalue weighted by molar-refractivity contribution is 0.688. The number of aromatic nitrogens is 1. The first kappa shape index (κ1) is 8.01. The summed E-state index contributed by atoms with van der Waals surface area (Å²) in [6.07, 6.45) is 2.39. The molecule has 0 radical (unpaired) electrons. The van der Waals surface area contributed by atoms with Gasteiger partial charge in [0.2, 0.25) is 0 Å². The second-order valence-electron chi connectivity index (χ2n) is 2.47. The summed E-state index contributed by atoms with van der Waals surface area (Å²) >= 11 is 0. The average molecular weight is 152 g/mol. The van der Waals surface area contributed by atoms with Gasteiger partial charge in [0.25, 0.3) is 5.56 Å². The monoisotopic (exact) mass is 152 g/mol. The molecule has 0 aromatic carbocycles. The Morgan fingerprint density at radius 1 is 1.73 bits per heavy atom. The molecule has 1 atom stereocenters. The molecule has 0 saturated heterocycles. The molecule has 0 fully saturated rings. The fraction of sp³-hybridized carbons (Fsp3) is 0.375. The maximum Gasteiger partial charge on any atom is 0.252 e. The zero-order valence-corrected chi connectivity index (χ0v) is 6.50. The van der Waals surface area contributed by atoms with E-state index >= 15 is 0 Å². The quantitative estimate of drug-likeness (QED) is 0.658. The summed E-state index contributed by atoms with van der Waals surface area (Å²) in [5.74, 6) is 0. The molecule has 1 unspecified atom stereocenters. The Morgan fingerprint density at radius 3 is 3.00 bits per heavy atom. The predicted molar refractivity (Wildman–Crippen MR) is 44.3 cm³/mol. The Balaban J connectivity index is 3.03. The predicted octanol–water partition coefficient (Wildman–Crippen LogP) is 0.785. The smallest absolute Gasteiger partial charge is 0.252 e. The van der Waals surface area contributed by atoms with Crippen LogP contribution in [0.5, 0.6) is 0 Å². The van der Waals surface area contributed by atoms with Gasteiger partial charge in [-0.1, -0.05) is 13.0 Å². The lowest BCUT2D eigenvalue weighted by Gasteiger charge is -2.05. The van der Waals surface area contributed by atoms with Crippen molar-refractivity contribution in [3.8, 4) is 0 Å². The average Bonchev–Trinajstić information content (AvgIpc) is 2.04. The van der Waals surface area contributed by atoms with Gasteiger partial charge in [-0.3, -0.25) is 4.79 Å². The Labute approximate surface area is 65.2 Å². The van der Waals surface area contributed by atoms with Gasteiger partial charge in [-0.05, 0) is 12.5 Å². The van der Waals surface area contributed by atoms with E-state index in [-0.39, 0.29) is 11.6 Å². The van der Waals surface area contributed by atoms with Crippen LogP contribution >= 0.6 is 0 Å². The summed E-state index contributed by atoms with van der Waals surface area (Å²) in [4.78, 5) is 13.7. The van der Waals surface area contributed by atoms with Crippen molar-refractivity contribution in [2.24, 2.45) is 5.73 Å². The summed E-state index contributed by atoms with van der Waals surface area (Å²) < 4.78 is 0. The molecule has 0 aliphatic rings. The van der Waals surface area contributed by atoms with E-state index in [0.717, 1.165) is 6.42 Å². The van der Waals surface area contributed by atoms with E-state index < -0.39 is 0 Å². The lowest BCUT2D eigenvalue weighted by atomic mass is 10.1. The van der Waals surface area contributed by atoms with Crippen LogP contribution in [0.2, 0.25) is 0 Å². The van der Waals surface area contributed by atoms with Gasteiger partial charge in [-0.2, -0.15) is 0 Å². The molecule has 1 rings (SSSR count). The third-order valence-corrected chi connectivity index (χ3v) is 1.69. The van der Waals surface area contributed by atoms with Gasteiger partial charge in [0.05, 0.1) is 0 Å². The Kier molecular flexibility index (Phi) is 2.44. The molecule has 0 saturated carbocycles. The topological polar surface area (TPSA) is 58.9 Å². The third kappa shape index (κ3) is 1.68. The molecular weight excluding hydrogens is 140 g/mol. The number of rotatable bonds is 2. The zero-order chi connectivity index (χ0) is 8.27. The van der Waals surface area contributed by atoms with Crippen LogP contribution in [0.4, 0.5) is 0 Å². The van der Waals surface area contributed by atoms with Gasteiger partial charge in [0, 0.05) is 17.8 Å². The molecule has 1 aromatic rings. The van der Waals surface area contributed by atoms with E-state index in [1.807, 2.05) is 6.92 Å². The largest absolute Gasteiger partial charge is 0.329 e. The standard InChI is InChI=1S/C8H12N2O/c1-2-7(9)6-4-3-5-10-8(6)11/h3-5,7H,2,9H2,1H3,(H,10,11). The van der Waals surface area contributed by atoms with Crippen molar-refractivity contribution in [3.05, 3.63) is 34.2 Å². The highest BCUT2D eigenvalue weighted by molar-refractivity contribution is 5.13. The SMILES string of the molecule is CCC(N)c1ccc[nH]c1=O. The second-order valence-corrected chi connectivity index (χ2v) is 2.47. The van der Waals surface area contributed by atoms with Crippen molar-refractivity contribution in [2.45, 2.75) is 19.4 Å². The summed E-state index contributed by atoms with van der Waals surface area (Å²) in [6.45, 7) is 1.96. The summed E-state index contributed by atoms with van der Waals surface area (Å²) in [7, 11) is 0. The number of nitrogens with two attached hydrogens (primary N) is 1. The highest BCUT2D eigenvalue weighted by atomic mass is 16.1. The summed E-state index contributed by atoms with van der Waals surface area (Å²) in [5, 5.41) is 0. The van der Waals surface area contributed by atoms with Crippen LogP contribution in [-0.4, -0.2) is 4.98 Å². The van der Waals surface area contributed by atoms with Gasteiger partial charge < -0.3 is 10.7 Å². The first-order valence-corrected chi connectivity index (χ1v) is 3.69. The number of aromatic amines is 1. The molecule has 3 N–H and O–H groups in total. The molecule has 0 spiro atoms. The normalized spacial score (nSPS) is 12.9. The number of hydrogen-bond acceptors (Lipinski definition) is 2. The van der Waals surface area contributed by atoms with Gasteiger partial charge in [-0.25, -0.2) is 0 Å². The Morgan fingerprint density at radius 2 is 2.45 bits per heavy atom. The van der Waals surface area contributed by atoms with Crippen LogP contribution in [0.3, 0.4) is 0 Å². The molecule has 3 nitrogen and oxygen atoms in total. The van der Waals surface area contributed by atoms with Crippen LogP contribution in [0.1, 0.15) is 24.9 Å². The maximum atomic E-state index is 11.1. The van der Waals surface area contributed by atoms with E-state index in [1.54, 1.807) is 18.3 Å². The van der Waals surface area contributed by atoms with Crippen molar-refractivity contribution in [1.82, 2.24) is 4.98 Å².